The Morgan fingerprint density at radius 2 is 1.79 bits per heavy atom. The number of rotatable bonds is 8. The molecule has 9 nitrogen and oxygen atoms in total. The van der Waals surface area contributed by atoms with Crippen molar-refractivity contribution in [2.24, 2.45) is 0 Å². The van der Waals surface area contributed by atoms with Gasteiger partial charge in [-0.3, -0.25) is 24.3 Å². The zero-order valence-corrected chi connectivity index (χ0v) is 19.0. The van der Waals surface area contributed by atoms with E-state index in [2.05, 4.69) is 10.3 Å². The summed E-state index contributed by atoms with van der Waals surface area (Å²) in [6.45, 7) is 2.26. The van der Waals surface area contributed by atoms with Gasteiger partial charge in [-0.05, 0) is 37.3 Å². The number of carbonyl (C=O) groups excluding carboxylic acids is 1. The highest BCUT2D eigenvalue weighted by Gasteiger charge is 2.19. The maximum Gasteiger partial charge on any atom is 0.292 e. The summed E-state index contributed by atoms with van der Waals surface area (Å²) in [5, 5.41) is 14.5. The smallest absolute Gasteiger partial charge is 0.292 e. The average Bonchev–Trinajstić information content (AvgIpc) is 2.84. The molecule has 0 spiro atoms. The molecule has 0 unspecified atom stereocenters. The van der Waals surface area contributed by atoms with Crippen molar-refractivity contribution in [3.63, 3.8) is 0 Å². The van der Waals surface area contributed by atoms with Gasteiger partial charge in [-0.2, -0.15) is 0 Å². The van der Waals surface area contributed by atoms with Gasteiger partial charge in [-0.25, -0.2) is 4.98 Å². The number of nitrogens with one attached hydrogen (secondary N) is 1. The van der Waals surface area contributed by atoms with Crippen molar-refractivity contribution >= 4 is 39.9 Å². The predicted octanol–water partition coefficient (Wildman–Crippen LogP) is 4.42. The number of benzene rings is 3. The molecule has 0 radical (unpaired) electrons. The highest BCUT2D eigenvalue weighted by Crippen LogP contribution is 2.28. The second kappa shape index (κ2) is 10.2. The fourth-order valence-electron chi connectivity index (χ4n) is 3.40. The minimum absolute atomic E-state index is 0.101. The molecule has 0 bridgehead atoms. The normalized spacial score (nSPS) is 10.7. The molecule has 34 heavy (non-hydrogen) atoms. The fourth-order valence-corrected chi connectivity index (χ4v) is 4.20. The number of para-hydroxylation sites is 5. The Labute approximate surface area is 198 Å². The van der Waals surface area contributed by atoms with Crippen LogP contribution >= 0.6 is 11.8 Å². The number of anilines is 1. The quantitative estimate of drug-likeness (QED) is 0.173. The van der Waals surface area contributed by atoms with Gasteiger partial charge >= 0.3 is 0 Å². The van der Waals surface area contributed by atoms with Gasteiger partial charge in [0, 0.05) is 6.07 Å². The minimum Gasteiger partial charge on any atom is -0.492 e. The van der Waals surface area contributed by atoms with Crippen LogP contribution in [-0.4, -0.2) is 32.7 Å². The topological polar surface area (TPSA) is 116 Å². The first kappa shape index (κ1) is 23.0. The van der Waals surface area contributed by atoms with E-state index < -0.39 is 10.8 Å². The molecule has 3 aromatic carbocycles. The average molecular weight is 477 g/mol. The molecular weight excluding hydrogens is 456 g/mol. The number of nitrogens with zero attached hydrogens (tertiary/aromatic N) is 3. The standard InChI is InChI=1S/C24H20N4O5S/c1-2-33-21-14-8-7-13-20(21)27-23(30)16-9-3-4-10-17(16)26-24(27)34-15-22(29)25-18-11-5-6-12-19(18)28(31)32/h3-14H,2,15H2,1H3,(H,25,29). The first-order chi connectivity index (χ1) is 16.5. The monoisotopic (exact) mass is 476 g/mol. The molecular formula is C24H20N4O5S. The number of amides is 1. The summed E-state index contributed by atoms with van der Waals surface area (Å²) in [6.07, 6.45) is 0. The van der Waals surface area contributed by atoms with Crippen LogP contribution in [0.4, 0.5) is 11.4 Å². The van der Waals surface area contributed by atoms with Crippen molar-refractivity contribution in [2.45, 2.75) is 12.1 Å². The summed E-state index contributed by atoms with van der Waals surface area (Å²) >= 11 is 1.05. The summed E-state index contributed by atoms with van der Waals surface area (Å²) in [5.41, 5.74) is 0.615. The van der Waals surface area contributed by atoms with Crippen LogP contribution in [0.5, 0.6) is 5.75 Å². The van der Waals surface area contributed by atoms with E-state index in [9.17, 15) is 19.7 Å². The zero-order valence-electron chi connectivity index (χ0n) is 18.1. The van der Waals surface area contributed by atoms with E-state index in [0.717, 1.165) is 11.8 Å². The third-order valence-corrected chi connectivity index (χ3v) is 5.80. The lowest BCUT2D eigenvalue weighted by Crippen LogP contribution is -2.23. The van der Waals surface area contributed by atoms with Gasteiger partial charge in [0.2, 0.25) is 5.91 Å². The van der Waals surface area contributed by atoms with Crippen molar-refractivity contribution in [3.8, 4) is 11.4 Å². The van der Waals surface area contributed by atoms with E-state index in [1.165, 1.54) is 22.8 Å². The van der Waals surface area contributed by atoms with E-state index in [4.69, 9.17) is 4.74 Å². The SMILES string of the molecule is CCOc1ccccc1-n1c(SCC(=O)Nc2ccccc2[N+](=O)[O-])nc2ccccc2c1=O. The molecule has 0 saturated heterocycles. The minimum atomic E-state index is -0.560. The van der Waals surface area contributed by atoms with Gasteiger partial charge in [0.05, 0.1) is 33.9 Å². The third-order valence-electron chi connectivity index (χ3n) is 4.86. The molecule has 0 fully saturated rings. The first-order valence-corrected chi connectivity index (χ1v) is 11.4. The van der Waals surface area contributed by atoms with Crippen molar-refractivity contribution in [1.29, 1.82) is 0 Å². The van der Waals surface area contributed by atoms with Crippen LogP contribution in [-0.2, 0) is 4.79 Å². The number of aromatic nitrogens is 2. The molecule has 0 aliphatic heterocycles. The molecule has 0 atom stereocenters. The Balaban J connectivity index is 1.70. The zero-order chi connectivity index (χ0) is 24.1. The summed E-state index contributed by atoms with van der Waals surface area (Å²) in [6, 6.07) is 20.0. The Hall–Kier alpha value is -4.18. The highest BCUT2D eigenvalue weighted by atomic mass is 32.2. The van der Waals surface area contributed by atoms with E-state index in [0.29, 0.717) is 34.1 Å². The van der Waals surface area contributed by atoms with Crippen LogP contribution in [0.25, 0.3) is 16.6 Å². The molecule has 1 amide bonds. The largest absolute Gasteiger partial charge is 0.492 e. The van der Waals surface area contributed by atoms with E-state index in [1.54, 1.807) is 54.6 Å². The lowest BCUT2D eigenvalue weighted by atomic mass is 10.2. The lowest BCUT2D eigenvalue weighted by Gasteiger charge is -2.16. The van der Waals surface area contributed by atoms with Crippen LogP contribution in [0.15, 0.2) is 82.7 Å². The van der Waals surface area contributed by atoms with E-state index >= 15 is 0 Å². The van der Waals surface area contributed by atoms with Crippen molar-refractivity contribution < 1.29 is 14.5 Å². The van der Waals surface area contributed by atoms with Gasteiger partial charge in [-0.1, -0.05) is 48.2 Å². The second-order valence-electron chi connectivity index (χ2n) is 7.06. The maximum atomic E-state index is 13.4. The fraction of sp³-hybridized carbons (Fsp3) is 0.125. The summed E-state index contributed by atoms with van der Waals surface area (Å²) in [4.78, 5) is 41.4. The van der Waals surface area contributed by atoms with Gasteiger partial charge in [0.15, 0.2) is 5.16 Å². The molecule has 0 saturated carbocycles. The van der Waals surface area contributed by atoms with Crippen molar-refractivity contribution in [2.75, 3.05) is 17.7 Å². The van der Waals surface area contributed by atoms with Crippen LogP contribution in [0.2, 0.25) is 0 Å². The summed E-state index contributed by atoms with van der Waals surface area (Å²) in [5.74, 6) is -0.0741. The number of ether oxygens (including phenoxy) is 1. The number of nitro benzene ring substituents is 1. The molecule has 172 valence electrons. The molecule has 1 aromatic heterocycles. The van der Waals surface area contributed by atoms with Crippen molar-refractivity contribution in [3.05, 3.63) is 93.3 Å². The number of carbonyl (C=O) groups is 1. The first-order valence-electron chi connectivity index (χ1n) is 10.4. The van der Waals surface area contributed by atoms with E-state index in [-0.39, 0.29) is 22.7 Å². The van der Waals surface area contributed by atoms with Crippen LogP contribution in [0, 0.1) is 10.1 Å². The molecule has 1 N–H and O–H groups in total. The molecule has 0 aliphatic rings. The molecule has 0 aliphatic carbocycles. The molecule has 4 rings (SSSR count). The van der Waals surface area contributed by atoms with Gasteiger partial charge < -0.3 is 10.1 Å². The number of nitro groups is 1. The van der Waals surface area contributed by atoms with Gasteiger partial charge in [-0.15, -0.1) is 0 Å². The Bertz CT molecular complexity index is 1440. The third kappa shape index (κ3) is 4.76. The van der Waals surface area contributed by atoms with E-state index in [1.807, 2.05) is 6.92 Å². The Morgan fingerprint density at radius 3 is 2.59 bits per heavy atom. The number of hydrogen-bond donors (Lipinski definition) is 1. The van der Waals surface area contributed by atoms with Crippen molar-refractivity contribution in [1.82, 2.24) is 9.55 Å². The summed E-state index contributed by atoms with van der Waals surface area (Å²) in [7, 11) is 0. The number of hydrogen-bond acceptors (Lipinski definition) is 7. The lowest BCUT2D eigenvalue weighted by molar-refractivity contribution is -0.383. The van der Waals surface area contributed by atoms with Crippen LogP contribution in [0.3, 0.4) is 0 Å². The maximum absolute atomic E-state index is 13.4. The van der Waals surface area contributed by atoms with Crippen LogP contribution in [0.1, 0.15) is 6.92 Å². The summed E-state index contributed by atoms with van der Waals surface area (Å²) < 4.78 is 7.14. The number of thioether (sulfide) groups is 1. The molecule has 10 heteroatoms. The number of fused-ring (bicyclic) bond motifs is 1. The molecule has 1 heterocycles. The predicted molar refractivity (Wildman–Crippen MR) is 131 cm³/mol. The highest BCUT2D eigenvalue weighted by molar-refractivity contribution is 7.99. The Kier molecular flexibility index (Phi) is 6.88. The van der Waals surface area contributed by atoms with Gasteiger partial charge in [0.1, 0.15) is 11.4 Å². The second-order valence-corrected chi connectivity index (χ2v) is 8.01. The molecule has 4 aromatic rings. The van der Waals surface area contributed by atoms with Gasteiger partial charge in [0.25, 0.3) is 11.2 Å². The van der Waals surface area contributed by atoms with Crippen LogP contribution < -0.4 is 15.6 Å². The Morgan fingerprint density at radius 1 is 1.09 bits per heavy atom.